The molecule has 9 aromatic carbocycles. The molecule has 2 heteroatoms. The lowest BCUT2D eigenvalue weighted by Crippen LogP contribution is -2.17. The summed E-state index contributed by atoms with van der Waals surface area (Å²) in [5.41, 5.74) is 20.8. The van der Waals surface area contributed by atoms with Crippen molar-refractivity contribution in [3.8, 4) is 39.1 Å². The first-order chi connectivity index (χ1) is 30.8. The molecule has 14 rings (SSSR count). The molecule has 11 aromatic rings. The zero-order valence-corrected chi connectivity index (χ0v) is 34.4. The second-order valence-electron chi connectivity index (χ2n) is 17.7. The number of nitrogens with zero attached hydrogens (tertiary/aromatic N) is 2. The van der Waals surface area contributed by atoms with Gasteiger partial charge in [0.05, 0.1) is 22.6 Å². The van der Waals surface area contributed by atoms with Gasteiger partial charge in [-0.05, 0) is 158 Å². The van der Waals surface area contributed by atoms with Crippen LogP contribution in [0.15, 0.2) is 188 Å². The van der Waals surface area contributed by atoms with E-state index in [9.17, 15) is 0 Å². The molecule has 0 bridgehead atoms. The van der Waals surface area contributed by atoms with Gasteiger partial charge in [0.25, 0.3) is 0 Å². The quantitative estimate of drug-likeness (QED) is 0.168. The van der Waals surface area contributed by atoms with Crippen LogP contribution in [0.25, 0.3) is 104 Å². The molecule has 0 saturated carbocycles. The van der Waals surface area contributed by atoms with Crippen molar-refractivity contribution in [2.24, 2.45) is 0 Å². The second kappa shape index (κ2) is 13.0. The average Bonchev–Trinajstić information content (AvgIpc) is 3.85. The third kappa shape index (κ3) is 4.81. The Hall–Kier alpha value is -7.42. The largest absolute Gasteiger partial charge is 0.333 e. The normalized spacial score (nSPS) is 15.5. The van der Waals surface area contributed by atoms with Gasteiger partial charge in [0, 0.05) is 32.7 Å². The van der Waals surface area contributed by atoms with Crippen LogP contribution in [-0.4, -0.2) is 9.13 Å². The van der Waals surface area contributed by atoms with E-state index in [0.717, 1.165) is 32.1 Å². The number of aromatic nitrogens is 2. The predicted octanol–water partition coefficient (Wildman–Crippen LogP) is 15.5. The number of allylic oxidation sites excluding steroid dienone is 4. The fraction of sp³-hybridized carbons (Fsp3) is 0.100. The van der Waals surface area contributed by atoms with Gasteiger partial charge in [0.2, 0.25) is 0 Å². The molecule has 0 radical (unpaired) electrons. The van der Waals surface area contributed by atoms with Gasteiger partial charge in [0.15, 0.2) is 0 Å². The lowest BCUT2D eigenvalue weighted by molar-refractivity contribution is 0.645. The molecule has 0 spiro atoms. The van der Waals surface area contributed by atoms with E-state index >= 15 is 0 Å². The highest BCUT2D eigenvalue weighted by Gasteiger charge is 2.33. The van der Waals surface area contributed by atoms with E-state index in [0.29, 0.717) is 0 Å². The summed E-state index contributed by atoms with van der Waals surface area (Å²) < 4.78 is 5.29. The number of para-hydroxylation sites is 1. The lowest BCUT2D eigenvalue weighted by atomic mass is 9.74. The molecule has 292 valence electrons. The molecular weight excluding hydrogens is 749 g/mol. The predicted molar refractivity (Wildman–Crippen MR) is 262 cm³/mol. The minimum absolute atomic E-state index is 0.265. The first-order valence-electron chi connectivity index (χ1n) is 22.4. The van der Waals surface area contributed by atoms with E-state index in [-0.39, 0.29) is 6.04 Å². The Morgan fingerprint density at radius 3 is 1.63 bits per heavy atom. The summed E-state index contributed by atoms with van der Waals surface area (Å²) in [6.45, 7) is 0. The van der Waals surface area contributed by atoms with E-state index in [1.165, 1.54) is 126 Å². The summed E-state index contributed by atoms with van der Waals surface area (Å²) in [5, 5.41) is 10.6. The van der Waals surface area contributed by atoms with Gasteiger partial charge in [-0.1, -0.05) is 140 Å². The Kier molecular flexibility index (Phi) is 7.22. The summed E-state index contributed by atoms with van der Waals surface area (Å²) in [5.74, 6) is 0. The van der Waals surface area contributed by atoms with E-state index in [1.807, 2.05) is 0 Å². The van der Waals surface area contributed by atoms with Crippen molar-refractivity contribution in [2.45, 2.75) is 38.1 Å². The maximum atomic E-state index is 2.71. The van der Waals surface area contributed by atoms with Crippen LogP contribution in [0.5, 0.6) is 0 Å². The molecule has 3 aliphatic rings. The van der Waals surface area contributed by atoms with Crippen LogP contribution in [0.3, 0.4) is 0 Å². The summed E-state index contributed by atoms with van der Waals surface area (Å²) in [7, 11) is 0. The topological polar surface area (TPSA) is 9.86 Å². The van der Waals surface area contributed by atoms with E-state index in [4.69, 9.17) is 0 Å². The third-order valence-electron chi connectivity index (χ3n) is 14.5. The van der Waals surface area contributed by atoms with Crippen LogP contribution in [0.1, 0.15) is 34.7 Å². The molecule has 3 aliphatic carbocycles. The fourth-order valence-electron chi connectivity index (χ4n) is 11.9. The number of rotatable bonds is 4. The van der Waals surface area contributed by atoms with Gasteiger partial charge in [-0.25, -0.2) is 0 Å². The minimum Gasteiger partial charge on any atom is -0.333 e. The highest BCUT2D eigenvalue weighted by atomic mass is 15.0. The maximum absolute atomic E-state index is 2.71. The number of hydrogen-bond donors (Lipinski definition) is 0. The Bertz CT molecular complexity index is 3770. The maximum Gasteiger partial charge on any atom is 0.0579 e. The molecule has 62 heavy (non-hydrogen) atoms. The minimum atomic E-state index is 0.265. The van der Waals surface area contributed by atoms with Gasteiger partial charge in [-0.2, -0.15) is 0 Å². The second-order valence-corrected chi connectivity index (χ2v) is 17.7. The van der Waals surface area contributed by atoms with Gasteiger partial charge >= 0.3 is 0 Å². The molecule has 0 saturated heterocycles. The molecule has 1 atom stereocenters. The first-order valence-corrected chi connectivity index (χ1v) is 22.4. The fourth-order valence-corrected chi connectivity index (χ4v) is 11.9. The molecule has 0 fully saturated rings. The lowest BCUT2D eigenvalue weighted by Gasteiger charge is -2.32. The molecule has 1 unspecified atom stereocenters. The van der Waals surface area contributed by atoms with Crippen molar-refractivity contribution in [1.82, 2.24) is 9.13 Å². The van der Waals surface area contributed by atoms with Crippen molar-refractivity contribution in [3.05, 3.63) is 210 Å². The van der Waals surface area contributed by atoms with Crippen molar-refractivity contribution in [1.29, 1.82) is 0 Å². The Morgan fingerprint density at radius 2 is 0.984 bits per heavy atom. The summed E-state index contributed by atoms with van der Waals surface area (Å²) >= 11 is 0. The SMILES string of the molecule is C1=CCC(n2c3ccc(-c4cccc5ccccc45)cc3c3cc4c5c(c32)CCc2cc3c6cc(-c7cccc8ccccc78)ccc6n(-c6ccccc6)c3c(c2-5)CC4)C=C1. The number of aryl methyl sites for hydroxylation is 4. The van der Waals surface area contributed by atoms with Crippen LogP contribution in [0.4, 0.5) is 0 Å². The van der Waals surface area contributed by atoms with E-state index < -0.39 is 0 Å². The highest BCUT2D eigenvalue weighted by Crippen LogP contribution is 2.52. The standard InChI is InChI=1S/C60H42N2/c1-3-17-43(18-4-1)61-55-31-27-39(47-23-11-15-37-13-7-9-21-45(37)47)33-51(55)53-35-41-26-30-50-58-42(25-29-49(57(41)58)59(53)61)36-54-52-34-40(48-24-12-16-38-14-8-10-22-46(38)48)28-32-56(52)62(60(50)54)44-19-5-2-6-20-44/h1-19,21-24,27-28,31-36,44H,20,25-26,29-30H2. The number of hydrogen-bond acceptors (Lipinski definition) is 0. The summed E-state index contributed by atoms with van der Waals surface area (Å²) in [6.07, 6.45) is 14.3. The van der Waals surface area contributed by atoms with Crippen molar-refractivity contribution in [2.75, 3.05) is 0 Å². The van der Waals surface area contributed by atoms with Gasteiger partial charge in [-0.3, -0.25) is 0 Å². The highest BCUT2D eigenvalue weighted by molar-refractivity contribution is 6.17. The van der Waals surface area contributed by atoms with Gasteiger partial charge in [-0.15, -0.1) is 0 Å². The molecule has 0 aliphatic heterocycles. The summed E-state index contributed by atoms with van der Waals surface area (Å²) in [6, 6.07) is 62.0. The number of fused-ring (bicyclic) bond motifs is 10. The van der Waals surface area contributed by atoms with Crippen molar-refractivity contribution >= 4 is 65.2 Å². The molecule has 0 N–H and O–H groups in total. The molecule has 2 aromatic heterocycles. The van der Waals surface area contributed by atoms with Crippen molar-refractivity contribution < 1.29 is 0 Å². The smallest absolute Gasteiger partial charge is 0.0579 e. The van der Waals surface area contributed by atoms with Crippen LogP contribution >= 0.6 is 0 Å². The Labute approximate surface area is 360 Å². The van der Waals surface area contributed by atoms with Crippen LogP contribution < -0.4 is 0 Å². The summed E-state index contributed by atoms with van der Waals surface area (Å²) in [4.78, 5) is 0. The third-order valence-corrected chi connectivity index (χ3v) is 14.5. The van der Waals surface area contributed by atoms with E-state index in [2.05, 4.69) is 197 Å². The molecule has 2 nitrogen and oxygen atoms in total. The van der Waals surface area contributed by atoms with Crippen molar-refractivity contribution in [3.63, 3.8) is 0 Å². The Balaban J connectivity index is 1.04. The van der Waals surface area contributed by atoms with Crippen LogP contribution in [-0.2, 0) is 25.7 Å². The van der Waals surface area contributed by atoms with E-state index in [1.54, 1.807) is 0 Å². The average molecular weight is 791 g/mol. The number of benzene rings is 9. The molecular formula is C60H42N2. The first kappa shape index (κ1) is 34.3. The Morgan fingerprint density at radius 1 is 0.419 bits per heavy atom. The zero-order valence-electron chi connectivity index (χ0n) is 34.4. The monoisotopic (exact) mass is 790 g/mol. The molecule has 2 heterocycles. The molecule has 0 amide bonds. The zero-order chi connectivity index (χ0) is 40.5. The van der Waals surface area contributed by atoms with Crippen LogP contribution in [0, 0.1) is 0 Å². The van der Waals surface area contributed by atoms with Crippen LogP contribution in [0.2, 0.25) is 0 Å². The van der Waals surface area contributed by atoms with Gasteiger partial charge < -0.3 is 9.13 Å². The van der Waals surface area contributed by atoms with Gasteiger partial charge in [0.1, 0.15) is 0 Å².